The minimum atomic E-state index is -6.15. The highest BCUT2D eigenvalue weighted by Gasteiger charge is 2.57. The Bertz CT molecular complexity index is 1240. The van der Waals surface area contributed by atoms with Gasteiger partial charge in [0.15, 0.2) is 6.04 Å². The number of nitrogens with zero attached hydrogens (tertiary/aromatic N) is 1. The quantitative estimate of drug-likeness (QED) is 0.563. The summed E-state index contributed by atoms with van der Waals surface area (Å²) in [4.78, 5) is 25.9. The monoisotopic (exact) mass is 499 g/mol. The first kappa shape index (κ1) is 25.1. The summed E-state index contributed by atoms with van der Waals surface area (Å²) in [6.45, 7) is 1.12. The van der Waals surface area contributed by atoms with Gasteiger partial charge in [0, 0.05) is 11.1 Å². The summed E-state index contributed by atoms with van der Waals surface area (Å²) in [5.74, 6) is -2.10. The Hall–Kier alpha value is -3.54. The van der Waals surface area contributed by atoms with Gasteiger partial charge in [0.25, 0.3) is 0 Å². The summed E-state index contributed by atoms with van der Waals surface area (Å²) in [7, 11) is -3.75. The fraction of sp³-hybridized carbons (Fsp3) is 0.273. The van der Waals surface area contributed by atoms with E-state index in [0.29, 0.717) is 11.3 Å². The van der Waals surface area contributed by atoms with Crippen LogP contribution in [0.5, 0.6) is 5.75 Å². The zero-order chi connectivity index (χ0) is 25.3. The molecule has 1 aliphatic heterocycles. The predicted molar refractivity (Wildman–Crippen MR) is 115 cm³/mol. The van der Waals surface area contributed by atoms with Crippen LogP contribution in [0.2, 0.25) is 0 Å². The highest BCUT2D eigenvalue weighted by atomic mass is 32.2. The highest BCUT2D eigenvalue weighted by molar-refractivity contribution is 7.93. The molecule has 0 spiro atoms. The number of para-hydroxylation sites is 1. The molecule has 0 N–H and O–H groups in total. The number of hydrogen-bond acceptors (Lipinski definition) is 7. The number of rotatable bonds is 6. The summed E-state index contributed by atoms with van der Waals surface area (Å²) in [5.41, 5.74) is -6.52. The third-order valence-corrected chi connectivity index (χ3v) is 6.54. The lowest BCUT2D eigenvalue weighted by molar-refractivity contribution is -0.146. The Labute approximate surface area is 193 Å². The molecule has 0 bridgehead atoms. The Kier molecular flexibility index (Phi) is 6.92. The SMILES string of the molecule is CCOC(=O)[C@@H]1C(C(=O)OC)=C(c2ccc(OC)cc2)c2ccccc2N1S(=O)(=O)C(F)(F)F. The van der Waals surface area contributed by atoms with Gasteiger partial charge < -0.3 is 14.2 Å². The first-order chi connectivity index (χ1) is 16.0. The molecule has 3 rings (SSSR count). The second-order valence-electron chi connectivity index (χ2n) is 6.93. The van der Waals surface area contributed by atoms with Crippen molar-refractivity contribution in [1.29, 1.82) is 0 Å². The maximum absolute atomic E-state index is 13.7. The van der Waals surface area contributed by atoms with Gasteiger partial charge in [-0.05, 0) is 30.7 Å². The van der Waals surface area contributed by atoms with Gasteiger partial charge in [-0.3, -0.25) is 0 Å². The number of esters is 2. The van der Waals surface area contributed by atoms with Crippen LogP contribution in [0.1, 0.15) is 18.1 Å². The lowest BCUT2D eigenvalue weighted by Gasteiger charge is -2.38. The maximum atomic E-state index is 13.7. The van der Waals surface area contributed by atoms with E-state index in [1.165, 1.54) is 56.5 Å². The Morgan fingerprint density at radius 1 is 1.03 bits per heavy atom. The smallest absolute Gasteiger partial charge is 0.497 e. The summed E-state index contributed by atoms with van der Waals surface area (Å²) >= 11 is 0. The number of hydrogen-bond donors (Lipinski definition) is 0. The number of carbonyl (C=O) groups excluding carboxylic acids is 2. The number of benzene rings is 2. The van der Waals surface area contributed by atoms with E-state index >= 15 is 0 Å². The van der Waals surface area contributed by atoms with Crippen LogP contribution in [0.25, 0.3) is 5.57 Å². The second kappa shape index (κ2) is 9.37. The number of ether oxygens (including phenoxy) is 3. The molecule has 0 unspecified atom stereocenters. The fourth-order valence-corrected chi connectivity index (χ4v) is 4.73. The molecule has 0 aliphatic carbocycles. The van der Waals surface area contributed by atoms with Crippen LogP contribution in [-0.4, -0.2) is 52.7 Å². The van der Waals surface area contributed by atoms with Crippen molar-refractivity contribution in [3.63, 3.8) is 0 Å². The number of halogens is 3. The molecule has 8 nitrogen and oxygen atoms in total. The molecule has 1 heterocycles. The summed E-state index contributed by atoms with van der Waals surface area (Å²) in [6, 6.07) is 9.06. The molecule has 2 aromatic rings. The van der Waals surface area contributed by atoms with Crippen LogP contribution < -0.4 is 9.04 Å². The van der Waals surface area contributed by atoms with Crippen molar-refractivity contribution in [2.24, 2.45) is 0 Å². The maximum Gasteiger partial charge on any atom is 0.516 e. The number of fused-ring (bicyclic) bond motifs is 1. The van der Waals surface area contributed by atoms with Crippen molar-refractivity contribution in [2.45, 2.75) is 18.5 Å². The van der Waals surface area contributed by atoms with Gasteiger partial charge in [0.1, 0.15) is 5.75 Å². The Morgan fingerprint density at radius 3 is 2.18 bits per heavy atom. The average Bonchev–Trinajstić information content (AvgIpc) is 2.81. The molecular formula is C22H20F3NO7S. The number of methoxy groups -OCH3 is 2. The van der Waals surface area contributed by atoms with Gasteiger partial charge in [-0.1, -0.05) is 30.3 Å². The highest BCUT2D eigenvalue weighted by Crippen LogP contribution is 2.46. The van der Waals surface area contributed by atoms with Crippen LogP contribution in [0.15, 0.2) is 54.1 Å². The van der Waals surface area contributed by atoms with E-state index in [9.17, 15) is 31.2 Å². The molecule has 0 saturated carbocycles. The lowest BCUT2D eigenvalue weighted by Crippen LogP contribution is -2.54. The van der Waals surface area contributed by atoms with Crippen LogP contribution >= 0.6 is 0 Å². The number of carbonyl (C=O) groups is 2. The second-order valence-corrected chi connectivity index (χ2v) is 8.73. The molecule has 0 fully saturated rings. The minimum Gasteiger partial charge on any atom is -0.497 e. The third kappa shape index (κ3) is 4.20. The zero-order valence-electron chi connectivity index (χ0n) is 18.3. The average molecular weight is 499 g/mol. The molecule has 0 radical (unpaired) electrons. The van der Waals surface area contributed by atoms with Crippen molar-refractivity contribution < 1.29 is 45.4 Å². The van der Waals surface area contributed by atoms with E-state index in [1.807, 2.05) is 0 Å². The standard InChI is InChI=1S/C22H20F3NO7S/c1-4-33-21(28)19-18(20(27)32-3)17(13-9-11-14(31-2)12-10-13)15-7-5-6-8-16(15)26(19)34(29,30)22(23,24)25/h5-12,19H,4H2,1-3H3/t19-/m0/s1. The van der Waals surface area contributed by atoms with Crippen LogP contribution in [0, 0.1) is 0 Å². The summed E-state index contributed by atoms with van der Waals surface area (Å²) in [6.07, 6.45) is 0. The number of alkyl halides is 3. The number of sulfonamides is 1. The number of anilines is 1. The van der Waals surface area contributed by atoms with Gasteiger partial charge in [0.2, 0.25) is 0 Å². The normalized spacial score (nSPS) is 16.1. The molecule has 34 heavy (non-hydrogen) atoms. The fourth-order valence-electron chi connectivity index (χ4n) is 3.62. The van der Waals surface area contributed by atoms with E-state index in [1.54, 1.807) is 0 Å². The molecular weight excluding hydrogens is 479 g/mol. The summed E-state index contributed by atoms with van der Waals surface area (Å²) < 4.78 is 81.2. The zero-order valence-corrected chi connectivity index (χ0v) is 19.1. The molecule has 2 aromatic carbocycles. The first-order valence-electron chi connectivity index (χ1n) is 9.83. The van der Waals surface area contributed by atoms with Crippen molar-refractivity contribution in [3.05, 3.63) is 65.2 Å². The van der Waals surface area contributed by atoms with E-state index in [0.717, 1.165) is 13.2 Å². The topological polar surface area (TPSA) is 99.2 Å². The van der Waals surface area contributed by atoms with Gasteiger partial charge >= 0.3 is 27.5 Å². The van der Waals surface area contributed by atoms with Crippen LogP contribution in [0.4, 0.5) is 18.9 Å². The predicted octanol–water partition coefficient (Wildman–Crippen LogP) is 3.27. The summed E-state index contributed by atoms with van der Waals surface area (Å²) in [5, 5.41) is 0. The van der Waals surface area contributed by atoms with Gasteiger partial charge in [-0.15, -0.1) is 0 Å². The van der Waals surface area contributed by atoms with E-state index in [-0.39, 0.29) is 22.0 Å². The largest absolute Gasteiger partial charge is 0.516 e. The Morgan fingerprint density at radius 2 is 1.65 bits per heavy atom. The molecule has 0 aromatic heterocycles. The van der Waals surface area contributed by atoms with Crippen molar-refractivity contribution in [2.75, 3.05) is 25.1 Å². The van der Waals surface area contributed by atoms with E-state index in [2.05, 4.69) is 0 Å². The van der Waals surface area contributed by atoms with Crippen LogP contribution in [-0.2, 0) is 29.1 Å². The van der Waals surface area contributed by atoms with Crippen LogP contribution in [0.3, 0.4) is 0 Å². The molecule has 182 valence electrons. The first-order valence-corrected chi connectivity index (χ1v) is 11.3. The molecule has 0 saturated heterocycles. The van der Waals surface area contributed by atoms with E-state index < -0.39 is 44.8 Å². The van der Waals surface area contributed by atoms with E-state index in [4.69, 9.17) is 14.2 Å². The van der Waals surface area contributed by atoms with Gasteiger partial charge in [-0.25, -0.2) is 13.9 Å². The molecule has 12 heteroatoms. The van der Waals surface area contributed by atoms with Crippen molar-refractivity contribution >= 4 is 33.2 Å². The third-order valence-electron chi connectivity index (χ3n) is 5.03. The van der Waals surface area contributed by atoms with Gasteiger partial charge in [-0.2, -0.15) is 21.6 Å². The lowest BCUT2D eigenvalue weighted by atomic mass is 9.85. The molecule has 1 atom stereocenters. The molecule has 1 aliphatic rings. The molecule has 0 amide bonds. The minimum absolute atomic E-state index is 0.0248. The van der Waals surface area contributed by atoms with Crippen molar-refractivity contribution in [3.8, 4) is 5.75 Å². The Balaban J connectivity index is 2.48. The van der Waals surface area contributed by atoms with Crippen molar-refractivity contribution in [1.82, 2.24) is 0 Å². The van der Waals surface area contributed by atoms with Gasteiger partial charge in [0.05, 0.1) is 32.1 Å².